The van der Waals surface area contributed by atoms with Crippen molar-refractivity contribution < 1.29 is 9.53 Å². The molecule has 0 bridgehead atoms. The molecule has 3 nitrogen and oxygen atoms in total. The molecule has 0 unspecified atom stereocenters. The Morgan fingerprint density at radius 2 is 2.56 bits per heavy atom. The fraction of sp³-hybridized carbons (Fsp3) is 0.167. The molecule has 0 radical (unpaired) electrons. The van der Waals surface area contributed by atoms with Crippen LogP contribution >= 0.6 is 0 Å². The van der Waals surface area contributed by atoms with Crippen LogP contribution < -0.4 is 5.73 Å². The Kier molecular flexibility index (Phi) is 1.53. The van der Waals surface area contributed by atoms with Gasteiger partial charge in [0, 0.05) is 12.6 Å². The number of rotatable bonds is 0. The zero-order chi connectivity index (χ0) is 6.69. The van der Waals surface area contributed by atoms with Gasteiger partial charge in [0.05, 0.1) is 11.8 Å². The van der Waals surface area contributed by atoms with Gasteiger partial charge in [0.1, 0.15) is 0 Å². The molecule has 0 aromatic heterocycles. The first-order valence-corrected chi connectivity index (χ1v) is 2.61. The zero-order valence-corrected chi connectivity index (χ0v) is 4.83. The van der Waals surface area contributed by atoms with Crippen molar-refractivity contribution in [1.82, 2.24) is 0 Å². The molecule has 48 valence electrons. The van der Waals surface area contributed by atoms with E-state index in [0.717, 1.165) is 0 Å². The predicted octanol–water partition coefficient (Wildman–Crippen LogP) is 0.290. The van der Waals surface area contributed by atoms with E-state index in [1.807, 2.05) is 0 Å². The lowest BCUT2D eigenvalue weighted by Gasteiger charge is -2.05. The summed E-state index contributed by atoms with van der Waals surface area (Å²) in [6, 6.07) is 0. The highest BCUT2D eigenvalue weighted by Gasteiger charge is 2.10. The van der Waals surface area contributed by atoms with Crippen LogP contribution in [-0.4, -0.2) is 5.97 Å². The molecule has 9 heavy (non-hydrogen) atoms. The Bertz CT molecular complexity index is 181. The van der Waals surface area contributed by atoms with E-state index in [0.29, 0.717) is 12.0 Å². The van der Waals surface area contributed by atoms with Gasteiger partial charge < -0.3 is 10.5 Å². The van der Waals surface area contributed by atoms with Gasteiger partial charge in [-0.2, -0.15) is 0 Å². The molecule has 3 heteroatoms. The minimum absolute atomic E-state index is 0.347. The smallest absolute Gasteiger partial charge is 0.340 e. The molecule has 1 heterocycles. The van der Waals surface area contributed by atoms with Crippen molar-refractivity contribution in [3.8, 4) is 0 Å². The van der Waals surface area contributed by atoms with E-state index in [2.05, 4.69) is 4.74 Å². The highest BCUT2D eigenvalue weighted by atomic mass is 16.5. The van der Waals surface area contributed by atoms with E-state index in [4.69, 9.17) is 5.73 Å². The second kappa shape index (κ2) is 2.35. The number of hydrogen-bond acceptors (Lipinski definition) is 3. The topological polar surface area (TPSA) is 52.3 Å². The van der Waals surface area contributed by atoms with Crippen molar-refractivity contribution in [3.05, 3.63) is 24.1 Å². The molecule has 0 saturated heterocycles. The lowest BCUT2D eigenvalue weighted by atomic mass is 10.2. The Labute approximate surface area is 52.8 Å². The van der Waals surface area contributed by atoms with E-state index < -0.39 is 0 Å². The number of carbonyl (C=O) groups excluding carboxylic acids is 1. The van der Waals surface area contributed by atoms with Crippen LogP contribution in [0.15, 0.2) is 24.1 Å². The number of ether oxygens (including phenoxy) is 1. The lowest BCUT2D eigenvalue weighted by Crippen LogP contribution is -2.08. The van der Waals surface area contributed by atoms with Crippen LogP contribution in [-0.2, 0) is 9.53 Å². The van der Waals surface area contributed by atoms with Crippen molar-refractivity contribution in [2.75, 3.05) is 0 Å². The molecule has 0 spiro atoms. The van der Waals surface area contributed by atoms with E-state index >= 15 is 0 Å². The fourth-order valence-corrected chi connectivity index (χ4v) is 0.580. The SMILES string of the molecule is NC=C1CC=COC1=O. The van der Waals surface area contributed by atoms with Crippen molar-refractivity contribution in [2.45, 2.75) is 6.42 Å². The molecule has 0 saturated carbocycles. The first-order valence-electron chi connectivity index (χ1n) is 2.61. The zero-order valence-electron chi connectivity index (χ0n) is 4.83. The molecule has 0 fully saturated rings. The van der Waals surface area contributed by atoms with Gasteiger partial charge in [-0.1, -0.05) is 0 Å². The van der Waals surface area contributed by atoms with Gasteiger partial charge >= 0.3 is 5.97 Å². The standard InChI is InChI=1S/C6H7NO2/c7-4-5-2-1-3-9-6(5)8/h1,3-4H,2,7H2. The van der Waals surface area contributed by atoms with Crippen molar-refractivity contribution in [1.29, 1.82) is 0 Å². The van der Waals surface area contributed by atoms with Crippen LogP contribution in [0.2, 0.25) is 0 Å². The number of allylic oxidation sites excluding steroid dienone is 1. The Hall–Kier alpha value is -1.25. The van der Waals surface area contributed by atoms with Gasteiger partial charge in [-0.15, -0.1) is 0 Å². The molecule has 0 aromatic rings. The number of hydrogen-bond donors (Lipinski definition) is 1. The lowest BCUT2D eigenvalue weighted by molar-refractivity contribution is -0.134. The van der Waals surface area contributed by atoms with E-state index in [9.17, 15) is 4.79 Å². The van der Waals surface area contributed by atoms with E-state index in [1.54, 1.807) is 6.08 Å². The Morgan fingerprint density at radius 3 is 3.00 bits per heavy atom. The summed E-state index contributed by atoms with van der Waals surface area (Å²) in [6.07, 6.45) is 4.95. The predicted molar refractivity (Wildman–Crippen MR) is 32.1 cm³/mol. The Morgan fingerprint density at radius 1 is 1.78 bits per heavy atom. The molecule has 1 aliphatic rings. The monoisotopic (exact) mass is 125 g/mol. The van der Waals surface area contributed by atoms with Gasteiger partial charge in [-0.05, 0) is 6.08 Å². The molecule has 0 aromatic carbocycles. The van der Waals surface area contributed by atoms with Gasteiger partial charge in [0.2, 0.25) is 0 Å². The largest absolute Gasteiger partial charge is 0.431 e. The minimum atomic E-state index is -0.347. The maximum atomic E-state index is 10.6. The average molecular weight is 125 g/mol. The summed E-state index contributed by atoms with van der Waals surface area (Å²) < 4.78 is 4.51. The molecule has 0 atom stereocenters. The molecular weight excluding hydrogens is 118 g/mol. The van der Waals surface area contributed by atoms with Crippen LogP contribution in [0, 0.1) is 0 Å². The third kappa shape index (κ3) is 1.10. The summed E-state index contributed by atoms with van der Waals surface area (Å²) in [4.78, 5) is 10.6. The second-order valence-electron chi connectivity index (χ2n) is 1.67. The molecular formula is C6H7NO2. The summed E-state index contributed by atoms with van der Waals surface area (Å²) in [5, 5.41) is 0. The second-order valence-corrected chi connectivity index (χ2v) is 1.67. The number of cyclic esters (lactones) is 1. The molecule has 0 aliphatic carbocycles. The third-order valence-electron chi connectivity index (χ3n) is 1.07. The molecule has 1 aliphatic heterocycles. The quantitative estimate of drug-likeness (QED) is 0.374. The summed E-state index contributed by atoms with van der Waals surface area (Å²) in [7, 11) is 0. The molecule has 0 amide bonds. The highest BCUT2D eigenvalue weighted by molar-refractivity contribution is 5.89. The average Bonchev–Trinajstić information content (AvgIpc) is 1.89. The van der Waals surface area contributed by atoms with E-state index in [1.165, 1.54) is 12.5 Å². The van der Waals surface area contributed by atoms with Crippen molar-refractivity contribution >= 4 is 5.97 Å². The van der Waals surface area contributed by atoms with Crippen LogP contribution in [0.3, 0.4) is 0 Å². The maximum Gasteiger partial charge on any atom is 0.340 e. The number of carbonyl (C=O) groups is 1. The Balaban J connectivity index is 2.76. The van der Waals surface area contributed by atoms with Crippen LogP contribution in [0.4, 0.5) is 0 Å². The van der Waals surface area contributed by atoms with Gasteiger partial charge in [0.15, 0.2) is 0 Å². The summed E-state index contributed by atoms with van der Waals surface area (Å²) >= 11 is 0. The summed E-state index contributed by atoms with van der Waals surface area (Å²) in [5.74, 6) is -0.347. The van der Waals surface area contributed by atoms with Crippen molar-refractivity contribution in [2.24, 2.45) is 5.73 Å². The van der Waals surface area contributed by atoms with Gasteiger partial charge in [-0.3, -0.25) is 0 Å². The number of nitrogens with two attached hydrogens (primary N) is 1. The highest BCUT2D eigenvalue weighted by Crippen LogP contribution is 2.08. The minimum Gasteiger partial charge on any atom is -0.431 e. The first-order chi connectivity index (χ1) is 4.34. The van der Waals surface area contributed by atoms with Crippen LogP contribution in [0.25, 0.3) is 0 Å². The van der Waals surface area contributed by atoms with Crippen LogP contribution in [0.1, 0.15) is 6.42 Å². The third-order valence-corrected chi connectivity index (χ3v) is 1.07. The maximum absolute atomic E-state index is 10.6. The number of esters is 1. The summed E-state index contributed by atoms with van der Waals surface area (Å²) in [5.41, 5.74) is 5.61. The first kappa shape index (κ1) is 5.88. The van der Waals surface area contributed by atoms with Gasteiger partial charge in [0.25, 0.3) is 0 Å². The van der Waals surface area contributed by atoms with Gasteiger partial charge in [-0.25, -0.2) is 4.79 Å². The summed E-state index contributed by atoms with van der Waals surface area (Å²) in [6.45, 7) is 0. The van der Waals surface area contributed by atoms with Crippen molar-refractivity contribution in [3.63, 3.8) is 0 Å². The normalized spacial score (nSPS) is 22.2. The molecule has 1 rings (SSSR count). The van der Waals surface area contributed by atoms with E-state index in [-0.39, 0.29) is 5.97 Å². The van der Waals surface area contributed by atoms with Crippen LogP contribution in [0.5, 0.6) is 0 Å². The molecule has 2 N–H and O–H groups in total. The fourth-order valence-electron chi connectivity index (χ4n) is 0.580.